The first-order valence-corrected chi connectivity index (χ1v) is 10.1. The molecule has 0 radical (unpaired) electrons. The molecular formula is C23H27ClN2O5. The molecule has 1 heterocycles. The van der Waals surface area contributed by atoms with E-state index in [0.717, 1.165) is 0 Å². The van der Waals surface area contributed by atoms with E-state index in [2.05, 4.69) is 6.07 Å². The number of carbonyl (C=O) groups is 1. The van der Waals surface area contributed by atoms with Crippen LogP contribution in [0.5, 0.6) is 5.75 Å². The molecule has 1 aromatic carbocycles. The molecular weight excluding hydrogens is 420 g/mol. The molecule has 0 spiro atoms. The molecule has 0 aliphatic heterocycles. The van der Waals surface area contributed by atoms with Gasteiger partial charge >= 0.3 is 5.97 Å². The molecule has 0 aliphatic carbocycles. The van der Waals surface area contributed by atoms with Gasteiger partial charge in [-0.15, -0.1) is 0 Å². The fourth-order valence-corrected chi connectivity index (χ4v) is 3.26. The number of hydrogen-bond acceptors (Lipinski definition) is 6. The van der Waals surface area contributed by atoms with Crippen LogP contribution in [0.25, 0.3) is 11.1 Å². The summed E-state index contributed by atoms with van der Waals surface area (Å²) < 4.78 is 17.6. The maximum Gasteiger partial charge on any atom is 0.329 e. The molecule has 2 aromatic rings. The summed E-state index contributed by atoms with van der Waals surface area (Å²) in [6.45, 7) is 7.09. The third-order valence-corrected chi connectivity index (χ3v) is 4.86. The van der Waals surface area contributed by atoms with Crippen LogP contribution in [0.3, 0.4) is 0 Å². The second-order valence-corrected chi connectivity index (χ2v) is 8.57. The van der Waals surface area contributed by atoms with Gasteiger partial charge in [0.05, 0.1) is 31.0 Å². The SMILES string of the molecule is COc1cn([C@H](CC(C)OC)C(=O)OC(C)(C)C)c(=O)cc1-c1cc(Cl)ccc1C#N. The fourth-order valence-electron chi connectivity index (χ4n) is 3.09. The van der Waals surface area contributed by atoms with E-state index in [4.69, 9.17) is 25.8 Å². The minimum Gasteiger partial charge on any atom is -0.495 e. The van der Waals surface area contributed by atoms with Crippen molar-refractivity contribution in [2.24, 2.45) is 0 Å². The lowest BCUT2D eigenvalue weighted by Gasteiger charge is -2.27. The number of halogens is 1. The van der Waals surface area contributed by atoms with E-state index < -0.39 is 23.2 Å². The summed E-state index contributed by atoms with van der Waals surface area (Å²) in [6.07, 6.45) is 1.39. The average molecular weight is 447 g/mol. The summed E-state index contributed by atoms with van der Waals surface area (Å²) in [5, 5.41) is 9.88. The monoisotopic (exact) mass is 446 g/mol. The number of aromatic nitrogens is 1. The molecule has 0 saturated carbocycles. The highest BCUT2D eigenvalue weighted by molar-refractivity contribution is 6.31. The first kappa shape index (κ1) is 24.4. The summed E-state index contributed by atoms with van der Waals surface area (Å²) in [7, 11) is 2.98. The van der Waals surface area contributed by atoms with Gasteiger partial charge in [0, 0.05) is 35.7 Å². The van der Waals surface area contributed by atoms with Crippen molar-refractivity contribution < 1.29 is 19.0 Å². The minimum absolute atomic E-state index is 0.231. The molecule has 31 heavy (non-hydrogen) atoms. The number of carbonyl (C=O) groups excluding carboxylic acids is 1. The van der Waals surface area contributed by atoms with Gasteiger partial charge in [0.15, 0.2) is 0 Å². The van der Waals surface area contributed by atoms with Crippen molar-refractivity contribution >= 4 is 17.6 Å². The molecule has 166 valence electrons. The van der Waals surface area contributed by atoms with E-state index in [1.807, 2.05) is 0 Å². The first-order valence-electron chi connectivity index (χ1n) is 9.76. The minimum atomic E-state index is -0.917. The van der Waals surface area contributed by atoms with E-state index in [9.17, 15) is 14.9 Å². The van der Waals surface area contributed by atoms with Crippen LogP contribution in [0.4, 0.5) is 0 Å². The predicted molar refractivity (Wildman–Crippen MR) is 118 cm³/mol. The third-order valence-electron chi connectivity index (χ3n) is 4.63. The Morgan fingerprint density at radius 3 is 2.45 bits per heavy atom. The largest absolute Gasteiger partial charge is 0.495 e. The van der Waals surface area contributed by atoms with E-state index >= 15 is 0 Å². The van der Waals surface area contributed by atoms with E-state index in [1.54, 1.807) is 45.9 Å². The number of pyridine rings is 1. The van der Waals surface area contributed by atoms with Crippen molar-refractivity contribution in [1.82, 2.24) is 4.57 Å². The zero-order chi connectivity index (χ0) is 23.3. The molecule has 0 amide bonds. The van der Waals surface area contributed by atoms with Crippen molar-refractivity contribution in [2.75, 3.05) is 14.2 Å². The lowest BCUT2D eigenvalue weighted by molar-refractivity contribution is -0.160. The van der Waals surface area contributed by atoms with Gasteiger partial charge in [0.1, 0.15) is 17.4 Å². The molecule has 1 aromatic heterocycles. The second kappa shape index (κ2) is 9.99. The second-order valence-electron chi connectivity index (χ2n) is 8.13. The highest BCUT2D eigenvalue weighted by Gasteiger charge is 2.30. The van der Waals surface area contributed by atoms with Gasteiger partial charge in [-0.05, 0) is 45.9 Å². The van der Waals surface area contributed by atoms with Crippen molar-refractivity contribution in [1.29, 1.82) is 5.26 Å². The van der Waals surface area contributed by atoms with Gasteiger partial charge in [0.25, 0.3) is 5.56 Å². The van der Waals surface area contributed by atoms with Crippen LogP contribution in [-0.2, 0) is 14.3 Å². The Bertz CT molecular complexity index is 1050. The topological polar surface area (TPSA) is 90.5 Å². The lowest BCUT2D eigenvalue weighted by Crippen LogP contribution is -2.36. The Balaban J connectivity index is 2.65. The van der Waals surface area contributed by atoms with Gasteiger partial charge in [-0.25, -0.2) is 4.79 Å². The van der Waals surface area contributed by atoms with Crippen molar-refractivity contribution in [3.8, 4) is 22.9 Å². The number of nitriles is 1. The van der Waals surface area contributed by atoms with Gasteiger partial charge in [-0.3, -0.25) is 9.36 Å². The number of nitrogens with zero attached hydrogens (tertiary/aromatic N) is 2. The molecule has 0 N–H and O–H groups in total. The average Bonchev–Trinajstić information content (AvgIpc) is 2.70. The summed E-state index contributed by atoms with van der Waals surface area (Å²) in [5.74, 6) is -0.231. The number of rotatable bonds is 7. The van der Waals surface area contributed by atoms with E-state index in [1.165, 1.54) is 31.0 Å². The smallest absolute Gasteiger partial charge is 0.329 e. The molecule has 1 unspecified atom stereocenters. The lowest BCUT2D eigenvalue weighted by atomic mass is 10.00. The third kappa shape index (κ3) is 6.09. The number of hydrogen-bond donors (Lipinski definition) is 0. The van der Waals surface area contributed by atoms with Crippen LogP contribution in [0.15, 0.2) is 35.3 Å². The van der Waals surface area contributed by atoms with E-state index in [0.29, 0.717) is 27.5 Å². The molecule has 2 rings (SSSR count). The van der Waals surface area contributed by atoms with Crippen LogP contribution in [0, 0.1) is 11.3 Å². The van der Waals surface area contributed by atoms with Crippen molar-refractivity contribution in [3.63, 3.8) is 0 Å². The van der Waals surface area contributed by atoms with Crippen LogP contribution in [0.2, 0.25) is 5.02 Å². The zero-order valence-corrected chi connectivity index (χ0v) is 19.3. The number of esters is 1. The predicted octanol–water partition coefficient (Wildman–Crippen LogP) is 4.36. The maximum atomic E-state index is 13.1. The Hall–Kier alpha value is -2.82. The zero-order valence-electron chi connectivity index (χ0n) is 18.6. The number of ether oxygens (including phenoxy) is 3. The quantitative estimate of drug-likeness (QED) is 0.587. The number of benzene rings is 1. The van der Waals surface area contributed by atoms with Gasteiger partial charge in [-0.2, -0.15) is 5.26 Å². The molecule has 8 heteroatoms. The van der Waals surface area contributed by atoms with Gasteiger partial charge in [0.2, 0.25) is 0 Å². The Morgan fingerprint density at radius 1 is 1.23 bits per heavy atom. The first-order chi connectivity index (χ1) is 14.5. The maximum absolute atomic E-state index is 13.1. The Kier molecular flexibility index (Phi) is 7.88. The highest BCUT2D eigenvalue weighted by Crippen LogP contribution is 2.34. The summed E-state index contributed by atoms with van der Waals surface area (Å²) in [4.78, 5) is 26.0. The summed E-state index contributed by atoms with van der Waals surface area (Å²) >= 11 is 6.11. The van der Waals surface area contributed by atoms with Gasteiger partial charge < -0.3 is 14.2 Å². The Morgan fingerprint density at radius 2 is 1.90 bits per heavy atom. The molecule has 0 bridgehead atoms. The van der Waals surface area contributed by atoms with Crippen LogP contribution < -0.4 is 10.3 Å². The van der Waals surface area contributed by atoms with Crippen LogP contribution in [0.1, 0.15) is 45.7 Å². The normalized spacial score (nSPS) is 13.2. The van der Waals surface area contributed by atoms with Crippen LogP contribution in [-0.4, -0.2) is 36.5 Å². The van der Waals surface area contributed by atoms with Crippen LogP contribution >= 0.6 is 11.6 Å². The van der Waals surface area contributed by atoms with Crippen molar-refractivity contribution in [2.45, 2.75) is 51.9 Å². The van der Waals surface area contributed by atoms with Gasteiger partial charge in [-0.1, -0.05) is 11.6 Å². The summed E-state index contributed by atoms with van der Waals surface area (Å²) in [6, 6.07) is 7.28. The molecule has 2 atom stereocenters. The summed E-state index contributed by atoms with van der Waals surface area (Å²) in [5.41, 5.74) is 0.0537. The van der Waals surface area contributed by atoms with E-state index in [-0.39, 0.29) is 12.5 Å². The Labute approximate surface area is 187 Å². The van der Waals surface area contributed by atoms with Crippen molar-refractivity contribution in [3.05, 3.63) is 51.4 Å². The highest BCUT2D eigenvalue weighted by atomic mass is 35.5. The molecule has 0 aliphatic rings. The molecule has 7 nitrogen and oxygen atoms in total. The molecule has 0 saturated heterocycles. The number of methoxy groups -OCH3 is 2. The molecule has 0 fully saturated rings. The standard InChI is InChI=1S/C23H27ClN2O5/c1-14(29-5)9-19(22(28)31-23(2,3)4)26-13-20(30-6)18(11-21(26)27)17-10-16(24)8-7-15(17)12-25/h7-8,10-11,13-14,19H,9H2,1-6H3/t14?,19-/m1/s1. The fraction of sp³-hybridized carbons (Fsp3) is 0.435.